The van der Waals surface area contributed by atoms with Gasteiger partial charge in [0.15, 0.2) is 0 Å². The van der Waals surface area contributed by atoms with Crippen LogP contribution in [0.2, 0.25) is 0 Å². The lowest BCUT2D eigenvalue weighted by molar-refractivity contribution is -0.113. The summed E-state index contributed by atoms with van der Waals surface area (Å²) < 4.78 is 5.76. The molecule has 0 aliphatic carbocycles. The first-order valence-electron chi connectivity index (χ1n) is 9.38. The number of H-pyrrole nitrogens is 1. The first-order chi connectivity index (χ1) is 14.7. The van der Waals surface area contributed by atoms with Crippen molar-refractivity contribution < 1.29 is 9.53 Å². The van der Waals surface area contributed by atoms with Crippen LogP contribution in [0.3, 0.4) is 0 Å². The molecule has 1 amide bonds. The Morgan fingerprint density at radius 2 is 1.90 bits per heavy atom. The highest BCUT2D eigenvalue weighted by atomic mass is 32.2. The summed E-state index contributed by atoms with van der Waals surface area (Å²) >= 11 is 2.98. The lowest BCUT2D eigenvalue weighted by Gasteiger charge is -2.08. The van der Waals surface area contributed by atoms with E-state index < -0.39 is 0 Å². The van der Waals surface area contributed by atoms with Crippen molar-refractivity contribution in [2.75, 3.05) is 11.1 Å². The summed E-state index contributed by atoms with van der Waals surface area (Å²) in [7, 11) is 0. The zero-order valence-corrected chi connectivity index (χ0v) is 17.7. The van der Waals surface area contributed by atoms with Crippen molar-refractivity contribution in [3.8, 4) is 5.75 Å². The molecule has 6 nitrogen and oxygen atoms in total. The molecular formula is C22H20N4O2S2. The van der Waals surface area contributed by atoms with Crippen LogP contribution in [0, 0.1) is 0 Å². The molecule has 0 atom stereocenters. The predicted octanol–water partition coefficient (Wildman–Crippen LogP) is 4.77. The smallest absolute Gasteiger partial charge is 0.234 e. The molecule has 2 aromatic carbocycles. The fraction of sp³-hybridized carbons (Fsp3) is 0.136. The van der Waals surface area contributed by atoms with E-state index in [4.69, 9.17) is 4.74 Å². The first kappa shape index (κ1) is 20.2. The molecule has 0 saturated carbocycles. The molecule has 4 rings (SSSR count). The number of ether oxygens (including phenoxy) is 1. The molecule has 2 aromatic heterocycles. The van der Waals surface area contributed by atoms with Crippen LogP contribution >= 0.6 is 23.1 Å². The van der Waals surface area contributed by atoms with Gasteiger partial charge in [-0.15, -0.1) is 16.4 Å². The first-order valence-corrected chi connectivity index (χ1v) is 11.2. The van der Waals surface area contributed by atoms with Crippen molar-refractivity contribution in [2.24, 2.45) is 0 Å². The average molecular weight is 437 g/mol. The van der Waals surface area contributed by atoms with Crippen LogP contribution < -0.4 is 10.1 Å². The number of thioether (sulfide) groups is 1. The Hall–Kier alpha value is -3.10. The normalized spacial score (nSPS) is 10.7. The number of benzene rings is 2. The SMILES string of the molecule is O=C(CSc1n[nH]c(Cc2cccs2)n1)Nc1ccc(OCc2ccccc2)cc1. The standard InChI is InChI=1S/C22H20N4O2S2/c27-21(15-30-22-24-20(25-26-22)13-19-7-4-12-29-19)23-17-8-10-18(11-9-17)28-14-16-5-2-1-3-6-16/h1-12H,13-15H2,(H,23,27)(H,24,25,26). The predicted molar refractivity (Wildman–Crippen MR) is 120 cm³/mol. The number of rotatable bonds is 9. The zero-order valence-electron chi connectivity index (χ0n) is 16.1. The summed E-state index contributed by atoms with van der Waals surface area (Å²) in [6.45, 7) is 0.508. The monoisotopic (exact) mass is 436 g/mol. The number of carbonyl (C=O) groups excluding carboxylic acids is 1. The number of carbonyl (C=O) groups is 1. The van der Waals surface area contributed by atoms with E-state index in [0.717, 1.165) is 29.2 Å². The van der Waals surface area contributed by atoms with Gasteiger partial charge in [0.1, 0.15) is 18.2 Å². The molecule has 2 N–H and O–H groups in total. The van der Waals surface area contributed by atoms with Crippen LogP contribution in [0.4, 0.5) is 5.69 Å². The van der Waals surface area contributed by atoms with Crippen LogP contribution in [-0.4, -0.2) is 26.8 Å². The maximum absolute atomic E-state index is 12.2. The van der Waals surface area contributed by atoms with Gasteiger partial charge < -0.3 is 10.1 Å². The molecule has 0 spiro atoms. The molecule has 152 valence electrons. The quantitative estimate of drug-likeness (QED) is 0.370. The number of hydrogen-bond donors (Lipinski definition) is 2. The summed E-state index contributed by atoms with van der Waals surface area (Å²) in [5.41, 5.74) is 1.83. The third-order valence-corrected chi connectivity index (χ3v) is 5.88. The zero-order chi connectivity index (χ0) is 20.6. The fourth-order valence-electron chi connectivity index (χ4n) is 2.70. The highest BCUT2D eigenvalue weighted by molar-refractivity contribution is 7.99. The van der Waals surface area contributed by atoms with Crippen LogP contribution in [0.15, 0.2) is 77.3 Å². The van der Waals surface area contributed by atoms with Crippen molar-refractivity contribution in [3.05, 3.63) is 88.4 Å². The lowest BCUT2D eigenvalue weighted by Crippen LogP contribution is -2.14. The summed E-state index contributed by atoms with van der Waals surface area (Å²) in [4.78, 5) is 17.9. The van der Waals surface area contributed by atoms with Crippen molar-refractivity contribution in [3.63, 3.8) is 0 Å². The largest absolute Gasteiger partial charge is 0.489 e. The summed E-state index contributed by atoms with van der Waals surface area (Å²) in [5, 5.41) is 12.6. The van der Waals surface area contributed by atoms with Gasteiger partial charge in [-0.1, -0.05) is 48.2 Å². The molecule has 0 bridgehead atoms. The lowest BCUT2D eigenvalue weighted by atomic mass is 10.2. The number of anilines is 1. The van der Waals surface area contributed by atoms with E-state index in [2.05, 4.69) is 26.6 Å². The van der Waals surface area contributed by atoms with E-state index >= 15 is 0 Å². The maximum Gasteiger partial charge on any atom is 0.234 e. The Morgan fingerprint density at radius 3 is 2.67 bits per heavy atom. The number of aromatic nitrogens is 3. The van der Waals surface area contributed by atoms with Gasteiger partial charge in [0.05, 0.1) is 5.75 Å². The van der Waals surface area contributed by atoms with E-state index in [9.17, 15) is 4.79 Å². The summed E-state index contributed by atoms with van der Waals surface area (Å²) in [5.74, 6) is 1.68. The maximum atomic E-state index is 12.2. The Bertz CT molecular complexity index is 1060. The van der Waals surface area contributed by atoms with E-state index in [-0.39, 0.29) is 11.7 Å². The Kier molecular flexibility index (Phi) is 6.79. The van der Waals surface area contributed by atoms with E-state index in [1.165, 1.54) is 16.6 Å². The van der Waals surface area contributed by atoms with Gasteiger partial charge in [0.2, 0.25) is 11.1 Å². The number of amides is 1. The molecule has 0 unspecified atom stereocenters. The molecule has 0 aliphatic heterocycles. The molecule has 0 radical (unpaired) electrons. The molecular weight excluding hydrogens is 416 g/mol. The molecule has 0 saturated heterocycles. The minimum Gasteiger partial charge on any atom is -0.489 e. The van der Waals surface area contributed by atoms with E-state index in [1.807, 2.05) is 66.0 Å². The average Bonchev–Trinajstić information content (AvgIpc) is 3.45. The minimum absolute atomic E-state index is 0.109. The van der Waals surface area contributed by atoms with Gasteiger partial charge in [-0.3, -0.25) is 9.89 Å². The van der Waals surface area contributed by atoms with Gasteiger partial charge in [0.25, 0.3) is 0 Å². The van der Waals surface area contributed by atoms with Crippen molar-refractivity contribution in [1.82, 2.24) is 15.2 Å². The number of hydrogen-bond acceptors (Lipinski definition) is 6. The molecule has 30 heavy (non-hydrogen) atoms. The molecule has 4 aromatic rings. The number of thiophene rings is 1. The van der Waals surface area contributed by atoms with Gasteiger partial charge in [-0.25, -0.2) is 4.98 Å². The topological polar surface area (TPSA) is 79.9 Å². The second-order valence-electron chi connectivity index (χ2n) is 6.46. The van der Waals surface area contributed by atoms with E-state index in [0.29, 0.717) is 11.8 Å². The van der Waals surface area contributed by atoms with Gasteiger partial charge in [0, 0.05) is 17.0 Å². The van der Waals surface area contributed by atoms with Crippen LogP contribution in [0.5, 0.6) is 5.75 Å². The van der Waals surface area contributed by atoms with Gasteiger partial charge in [-0.2, -0.15) is 0 Å². The fourth-order valence-corrected chi connectivity index (χ4v) is 4.03. The second kappa shape index (κ2) is 10.1. The third kappa shape index (κ3) is 5.95. The van der Waals surface area contributed by atoms with E-state index in [1.54, 1.807) is 11.3 Å². The van der Waals surface area contributed by atoms with Crippen LogP contribution in [-0.2, 0) is 17.8 Å². The summed E-state index contributed by atoms with van der Waals surface area (Å²) in [6.07, 6.45) is 0.718. The third-order valence-electron chi connectivity index (χ3n) is 4.15. The number of nitrogens with zero attached hydrogens (tertiary/aromatic N) is 2. The Labute approximate surface area is 182 Å². The second-order valence-corrected chi connectivity index (χ2v) is 8.43. The number of aromatic amines is 1. The minimum atomic E-state index is -0.109. The van der Waals surface area contributed by atoms with Crippen molar-refractivity contribution in [1.29, 1.82) is 0 Å². The van der Waals surface area contributed by atoms with Gasteiger partial charge >= 0.3 is 0 Å². The Morgan fingerprint density at radius 1 is 1.07 bits per heavy atom. The summed E-state index contributed by atoms with van der Waals surface area (Å²) in [6, 6.07) is 21.4. The molecule has 2 heterocycles. The molecule has 0 fully saturated rings. The highest BCUT2D eigenvalue weighted by Crippen LogP contribution is 2.19. The van der Waals surface area contributed by atoms with Crippen LogP contribution in [0.1, 0.15) is 16.3 Å². The highest BCUT2D eigenvalue weighted by Gasteiger charge is 2.09. The van der Waals surface area contributed by atoms with Crippen molar-refractivity contribution >= 4 is 34.7 Å². The van der Waals surface area contributed by atoms with Crippen molar-refractivity contribution in [2.45, 2.75) is 18.2 Å². The van der Waals surface area contributed by atoms with Gasteiger partial charge in [-0.05, 0) is 41.3 Å². The molecule has 8 heteroatoms. The van der Waals surface area contributed by atoms with Crippen LogP contribution in [0.25, 0.3) is 0 Å². The number of nitrogens with one attached hydrogen (secondary N) is 2. The Balaban J connectivity index is 1.21. The molecule has 0 aliphatic rings.